The molecule has 11 nitrogen and oxygen atoms in total. The van der Waals surface area contributed by atoms with Gasteiger partial charge in [-0.1, -0.05) is 71.1 Å². The van der Waals surface area contributed by atoms with E-state index in [0.29, 0.717) is 6.42 Å². The van der Waals surface area contributed by atoms with Gasteiger partial charge in [0.25, 0.3) is 0 Å². The number of ketones is 1. The van der Waals surface area contributed by atoms with Crippen LogP contribution in [0, 0.1) is 5.92 Å². The number of hydrogen-bond donors (Lipinski definition) is 6. The first-order valence-electron chi connectivity index (χ1n) is 13.5. The van der Waals surface area contributed by atoms with Crippen molar-refractivity contribution >= 4 is 29.6 Å². The second-order valence-electron chi connectivity index (χ2n) is 9.83. The summed E-state index contributed by atoms with van der Waals surface area (Å²) in [5.41, 5.74) is 8.82. The van der Waals surface area contributed by atoms with Gasteiger partial charge in [-0.15, -0.1) is 0 Å². The van der Waals surface area contributed by atoms with E-state index in [1.807, 2.05) is 0 Å². The molecular formula is C26H47N3O8. The topological polar surface area (TPSA) is 210 Å². The van der Waals surface area contributed by atoms with Crippen molar-refractivity contribution in [2.75, 3.05) is 0 Å². The number of nitrogens with one attached hydrogen (secondary N) is 1. The largest absolute Gasteiger partial charge is 0.481 e. The summed E-state index contributed by atoms with van der Waals surface area (Å²) in [5, 5.41) is 29.9. The molecule has 0 bridgehead atoms. The number of carbonyl (C=O) groups is 5. The van der Waals surface area contributed by atoms with Crippen LogP contribution in [0.5, 0.6) is 0 Å². The summed E-state index contributed by atoms with van der Waals surface area (Å²) in [6.45, 7) is 2.20. The molecule has 0 unspecified atom stereocenters. The van der Waals surface area contributed by atoms with Crippen LogP contribution in [-0.2, 0) is 24.0 Å². The molecule has 0 saturated heterocycles. The molecule has 214 valence electrons. The molecule has 0 aliphatic rings. The van der Waals surface area contributed by atoms with Gasteiger partial charge < -0.3 is 32.1 Å². The molecule has 0 rings (SSSR count). The van der Waals surface area contributed by atoms with Gasteiger partial charge in [-0.2, -0.15) is 0 Å². The van der Waals surface area contributed by atoms with E-state index >= 15 is 0 Å². The first-order chi connectivity index (χ1) is 17.4. The fraction of sp³-hybridized carbons (Fsp3) is 0.808. The Morgan fingerprint density at radius 2 is 1.22 bits per heavy atom. The average Bonchev–Trinajstić information content (AvgIpc) is 2.82. The highest BCUT2D eigenvalue weighted by molar-refractivity contribution is 5.91. The Hall–Kier alpha value is -2.53. The predicted molar refractivity (Wildman–Crippen MR) is 139 cm³/mol. The minimum absolute atomic E-state index is 0.0206. The SMILES string of the molecule is CCCCCCCCCCCCCC(=O)N[C@H](CCC(=O)[C@@H](CCCC(=O)O)C(N)(N)C(=O)O)C(=O)O. The molecule has 0 radical (unpaired) electrons. The van der Waals surface area contributed by atoms with Crippen LogP contribution in [0.15, 0.2) is 0 Å². The van der Waals surface area contributed by atoms with Crippen LogP contribution < -0.4 is 16.8 Å². The summed E-state index contributed by atoms with van der Waals surface area (Å²) in [7, 11) is 0. The molecule has 0 aliphatic carbocycles. The molecule has 0 heterocycles. The zero-order valence-electron chi connectivity index (χ0n) is 22.2. The fourth-order valence-electron chi connectivity index (χ4n) is 4.21. The lowest BCUT2D eigenvalue weighted by Crippen LogP contribution is -2.63. The minimum Gasteiger partial charge on any atom is -0.481 e. The van der Waals surface area contributed by atoms with Crippen molar-refractivity contribution in [3.05, 3.63) is 0 Å². The average molecular weight is 530 g/mol. The third kappa shape index (κ3) is 16.0. The number of carboxylic acid groups (broad SMARTS) is 3. The summed E-state index contributed by atoms with van der Waals surface area (Å²) in [4.78, 5) is 58.7. The Balaban J connectivity index is 4.49. The van der Waals surface area contributed by atoms with Crippen LogP contribution in [0.4, 0.5) is 0 Å². The maximum atomic E-state index is 12.7. The Labute approximate surface area is 219 Å². The number of carboxylic acids is 3. The summed E-state index contributed by atoms with van der Waals surface area (Å²) >= 11 is 0. The van der Waals surface area contributed by atoms with Gasteiger partial charge in [0.2, 0.25) is 5.91 Å². The monoisotopic (exact) mass is 529 g/mol. The van der Waals surface area contributed by atoms with Crippen molar-refractivity contribution in [3.8, 4) is 0 Å². The van der Waals surface area contributed by atoms with Crippen LogP contribution in [0.3, 0.4) is 0 Å². The quantitative estimate of drug-likeness (QED) is 0.0794. The molecule has 0 aromatic rings. The van der Waals surface area contributed by atoms with Crippen LogP contribution in [0.2, 0.25) is 0 Å². The zero-order valence-corrected chi connectivity index (χ0v) is 22.2. The predicted octanol–water partition coefficient (Wildman–Crippen LogP) is 3.18. The summed E-state index contributed by atoms with van der Waals surface area (Å²) in [6.07, 6.45) is 11.5. The van der Waals surface area contributed by atoms with Gasteiger partial charge >= 0.3 is 17.9 Å². The number of hydrogen-bond acceptors (Lipinski definition) is 7. The molecule has 2 atom stereocenters. The Morgan fingerprint density at radius 1 is 0.703 bits per heavy atom. The third-order valence-electron chi connectivity index (χ3n) is 6.54. The van der Waals surface area contributed by atoms with E-state index in [-0.39, 0.29) is 38.5 Å². The Kier molecular flexibility index (Phi) is 18.2. The molecule has 0 spiro atoms. The number of amides is 1. The standard InChI is InChI=1S/C26H47N3O8/c1-2-3-4-5-6-7-8-9-10-11-12-15-22(31)29-20(24(34)35)17-18-21(30)19(14-13-16-23(32)33)26(27,28)25(36)37/h19-20H,2-18,27-28H2,1H3,(H,29,31)(H,32,33)(H,34,35)(H,36,37)/t19-,20-/m1/s1. The van der Waals surface area contributed by atoms with E-state index in [9.17, 15) is 34.2 Å². The van der Waals surface area contributed by atoms with Gasteiger partial charge in [-0.25, -0.2) is 9.59 Å². The van der Waals surface area contributed by atoms with Crippen molar-refractivity contribution < 1.29 is 39.3 Å². The molecule has 0 aromatic carbocycles. The minimum atomic E-state index is -2.42. The fourth-order valence-corrected chi connectivity index (χ4v) is 4.21. The highest BCUT2D eigenvalue weighted by atomic mass is 16.4. The summed E-state index contributed by atoms with van der Waals surface area (Å²) in [5.74, 6) is -6.57. The first kappa shape index (κ1) is 34.5. The van der Waals surface area contributed by atoms with Crippen molar-refractivity contribution in [2.45, 2.75) is 128 Å². The lowest BCUT2D eigenvalue weighted by Gasteiger charge is -2.29. The molecule has 8 N–H and O–H groups in total. The van der Waals surface area contributed by atoms with Gasteiger partial charge in [0.05, 0.1) is 5.92 Å². The number of aliphatic carboxylic acids is 3. The van der Waals surface area contributed by atoms with E-state index < -0.39 is 47.2 Å². The van der Waals surface area contributed by atoms with Gasteiger partial charge in [-0.3, -0.25) is 14.4 Å². The highest BCUT2D eigenvalue weighted by Gasteiger charge is 2.42. The normalized spacial score (nSPS) is 13.1. The number of rotatable bonds is 24. The lowest BCUT2D eigenvalue weighted by atomic mass is 9.83. The van der Waals surface area contributed by atoms with Crippen molar-refractivity contribution in [1.82, 2.24) is 5.32 Å². The molecular weight excluding hydrogens is 482 g/mol. The molecule has 11 heteroatoms. The number of carbonyl (C=O) groups excluding carboxylic acids is 2. The summed E-state index contributed by atoms with van der Waals surface area (Å²) < 4.78 is 0. The van der Waals surface area contributed by atoms with E-state index in [0.717, 1.165) is 19.3 Å². The van der Waals surface area contributed by atoms with Gasteiger partial charge in [-0.05, 0) is 25.7 Å². The number of unbranched alkanes of at least 4 members (excludes halogenated alkanes) is 10. The Morgan fingerprint density at radius 3 is 1.68 bits per heavy atom. The van der Waals surface area contributed by atoms with Crippen LogP contribution in [0.1, 0.15) is 116 Å². The van der Waals surface area contributed by atoms with Crippen molar-refractivity contribution in [2.24, 2.45) is 17.4 Å². The molecule has 37 heavy (non-hydrogen) atoms. The Bertz CT molecular complexity index is 727. The van der Waals surface area contributed by atoms with Gasteiger partial charge in [0, 0.05) is 19.3 Å². The molecule has 0 aromatic heterocycles. The van der Waals surface area contributed by atoms with Crippen molar-refractivity contribution in [3.63, 3.8) is 0 Å². The molecule has 1 amide bonds. The smallest absolute Gasteiger partial charge is 0.339 e. The van der Waals surface area contributed by atoms with Crippen LogP contribution in [0.25, 0.3) is 0 Å². The molecule has 0 saturated carbocycles. The van der Waals surface area contributed by atoms with E-state index in [4.69, 9.17) is 16.6 Å². The van der Waals surface area contributed by atoms with E-state index in [2.05, 4.69) is 12.2 Å². The molecule has 0 aliphatic heterocycles. The summed E-state index contributed by atoms with van der Waals surface area (Å²) in [6, 6.07) is -1.32. The van der Waals surface area contributed by atoms with E-state index in [1.165, 1.54) is 44.9 Å². The first-order valence-corrected chi connectivity index (χ1v) is 13.5. The van der Waals surface area contributed by atoms with Crippen LogP contribution in [-0.4, -0.2) is 56.6 Å². The van der Waals surface area contributed by atoms with E-state index in [1.54, 1.807) is 0 Å². The molecule has 0 fully saturated rings. The van der Waals surface area contributed by atoms with Crippen molar-refractivity contribution in [1.29, 1.82) is 0 Å². The zero-order chi connectivity index (χ0) is 28.3. The maximum absolute atomic E-state index is 12.7. The van der Waals surface area contributed by atoms with Gasteiger partial charge in [0.1, 0.15) is 11.8 Å². The van der Waals surface area contributed by atoms with Gasteiger partial charge in [0.15, 0.2) is 5.66 Å². The number of Topliss-reactive ketones (excluding diaryl/α,β-unsaturated/α-hetero) is 1. The van der Waals surface area contributed by atoms with Crippen LogP contribution >= 0.6 is 0 Å². The second-order valence-corrected chi connectivity index (χ2v) is 9.83. The maximum Gasteiger partial charge on any atom is 0.339 e. The lowest BCUT2D eigenvalue weighted by molar-refractivity contribution is -0.149. The highest BCUT2D eigenvalue weighted by Crippen LogP contribution is 2.22. The second kappa shape index (κ2) is 19.6. The third-order valence-corrected chi connectivity index (χ3v) is 6.54. The number of nitrogens with two attached hydrogens (primary N) is 2.